The van der Waals surface area contributed by atoms with E-state index in [1.54, 1.807) is 4.90 Å². The zero-order valence-electron chi connectivity index (χ0n) is 13.6. The Morgan fingerprint density at radius 2 is 2.12 bits per heavy atom. The Labute approximate surface area is 144 Å². The molecule has 8 nitrogen and oxygen atoms in total. The highest BCUT2D eigenvalue weighted by Crippen LogP contribution is 2.32. The Balaban J connectivity index is 1.29. The van der Waals surface area contributed by atoms with E-state index in [9.17, 15) is 14.4 Å². The number of piperazine rings is 1. The van der Waals surface area contributed by atoms with E-state index >= 15 is 0 Å². The Kier molecular flexibility index (Phi) is 3.95. The molecule has 0 bridgehead atoms. The molecule has 0 spiro atoms. The molecule has 3 aliphatic heterocycles. The average Bonchev–Trinajstić information content (AvgIpc) is 3.23. The monoisotopic (exact) mass is 345 g/mol. The molecule has 0 aromatic heterocycles. The number of benzene rings is 1. The van der Waals surface area contributed by atoms with Crippen molar-refractivity contribution in [1.29, 1.82) is 0 Å². The summed E-state index contributed by atoms with van der Waals surface area (Å²) in [4.78, 5) is 37.4. The van der Waals surface area contributed by atoms with Crippen molar-refractivity contribution in [3.63, 3.8) is 0 Å². The highest BCUT2D eigenvalue weighted by molar-refractivity contribution is 5.95. The quantitative estimate of drug-likeness (QED) is 0.771. The summed E-state index contributed by atoms with van der Waals surface area (Å²) in [5.74, 6) is 1.10. The van der Waals surface area contributed by atoms with Gasteiger partial charge >= 0.3 is 0 Å². The summed E-state index contributed by atoms with van der Waals surface area (Å²) >= 11 is 0. The van der Waals surface area contributed by atoms with E-state index in [2.05, 4.69) is 10.6 Å². The summed E-state index contributed by atoms with van der Waals surface area (Å²) in [7, 11) is 0. The van der Waals surface area contributed by atoms with Crippen molar-refractivity contribution in [2.24, 2.45) is 0 Å². The van der Waals surface area contributed by atoms with Crippen molar-refractivity contribution < 1.29 is 23.9 Å². The maximum atomic E-state index is 12.2. The molecule has 0 radical (unpaired) electrons. The molecule has 1 aromatic carbocycles. The van der Waals surface area contributed by atoms with E-state index in [1.165, 1.54) is 0 Å². The van der Waals surface area contributed by atoms with Crippen molar-refractivity contribution in [2.45, 2.75) is 31.3 Å². The number of ether oxygens (including phenoxy) is 2. The summed E-state index contributed by atoms with van der Waals surface area (Å²) in [6.45, 7) is 0.664. The number of hydrogen-bond acceptors (Lipinski definition) is 5. The minimum Gasteiger partial charge on any atom is -0.454 e. The molecule has 8 heteroatoms. The van der Waals surface area contributed by atoms with Crippen LogP contribution in [0.2, 0.25) is 0 Å². The Morgan fingerprint density at radius 3 is 2.96 bits per heavy atom. The SMILES string of the molecule is O=C(CCc1ccc2c(c1)OCO2)N[C@@H]1C[C@H]2C(=O)NCC(=O)N2C1. The van der Waals surface area contributed by atoms with Crippen molar-refractivity contribution in [3.8, 4) is 11.5 Å². The molecule has 2 fully saturated rings. The van der Waals surface area contributed by atoms with Gasteiger partial charge in [-0.25, -0.2) is 0 Å². The van der Waals surface area contributed by atoms with Crippen molar-refractivity contribution in [3.05, 3.63) is 23.8 Å². The third-order valence-corrected chi connectivity index (χ3v) is 4.78. The third kappa shape index (κ3) is 3.11. The fraction of sp³-hybridized carbons (Fsp3) is 0.471. The van der Waals surface area contributed by atoms with Crippen molar-refractivity contribution in [2.75, 3.05) is 19.9 Å². The van der Waals surface area contributed by atoms with Crippen LogP contribution in [0.25, 0.3) is 0 Å². The summed E-state index contributed by atoms with van der Waals surface area (Å²) in [6, 6.07) is 5.01. The van der Waals surface area contributed by atoms with Gasteiger partial charge in [-0.2, -0.15) is 0 Å². The predicted molar refractivity (Wildman–Crippen MR) is 85.9 cm³/mol. The molecule has 2 saturated heterocycles. The van der Waals surface area contributed by atoms with Crippen LogP contribution in [0.5, 0.6) is 11.5 Å². The number of fused-ring (bicyclic) bond motifs is 2. The average molecular weight is 345 g/mol. The van der Waals surface area contributed by atoms with Crippen molar-refractivity contribution >= 4 is 17.7 Å². The van der Waals surface area contributed by atoms with Gasteiger partial charge in [-0.1, -0.05) is 6.07 Å². The Hall–Kier alpha value is -2.77. The first-order valence-electron chi connectivity index (χ1n) is 8.35. The third-order valence-electron chi connectivity index (χ3n) is 4.78. The highest BCUT2D eigenvalue weighted by atomic mass is 16.7. The van der Waals surface area contributed by atoms with Gasteiger partial charge in [0.1, 0.15) is 6.04 Å². The molecule has 3 amide bonds. The van der Waals surface area contributed by atoms with Crippen LogP contribution in [0.15, 0.2) is 18.2 Å². The maximum Gasteiger partial charge on any atom is 0.243 e. The molecule has 0 aliphatic carbocycles. The van der Waals surface area contributed by atoms with E-state index in [4.69, 9.17) is 9.47 Å². The number of carbonyl (C=O) groups excluding carboxylic acids is 3. The topological polar surface area (TPSA) is 97.0 Å². The maximum absolute atomic E-state index is 12.2. The first kappa shape index (κ1) is 15.7. The summed E-state index contributed by atoms with van der Waals surface area (Å²) < 4.78 is 10.6. The van der Waals surface area contributed by atoms with Gasteiger partial charge in [0.2, 0.25) is 24.5 Å². The van der Waals surface area contributed by atoms with Crippen LogP contribution in [0, 0.1) is 0 Å². The first-order valence-corrected chi connectivity index (χ1v) is 8.35. The number of carbonyl (C=O) groups is 3. The zero-order valence-corrected chi connectivity index (χ0v) is 13.6. The van der Waals surface area contributed by atoms with Gasteiger partial charge in [0.15, 0.2) is 11.5 Å². The van der Waals surface area contributed by atoms with Gasteiger partial charge in [-0.15, -0.1) is 0 Å². The molecule has 2 atom stereocenters. The molecule has 3 heterocycles. The number of aryl methyl sites for hydroxylation is 1. The first-order chi connectivity index (χ1) is 12.1. The van der Waals surface area contributed by atoms with E-state index in [0.29, 0.717) is 31.6 Å². The standard InChI is InChI=1S/C17H19N3O5/c21-15(4-2-10-1-3-13-14(5-10)25-9-24-13)19-11-6-12-17(23)18-7-16(22)20(12)8-11/h1,3,5,11-12H,2,4,6-9H2,(H,18,23)(H,19,21)/t11-,12+/m1/s1. The number of nitrogens with zero attached hydrogens (tertiary/aromatic N) is 1. The van der Waals surface area contributed by atoms with Crippen molar-refractivity contribution in [1.82, 2.24) is 15.5 Å². The number of nitrogens with one attached hydrogen (secondary N) is 2. The van der Waals surface area contributed by atoms with Crippen LogP contribution in [0.1, 0.15) is 18.4 Å². The lowest BCUT2D eigenvalue weighted by Gasteiger charge is -2.28. The number of hydrogen-bond donors (Lipinski definition) is 2. The molecule has 0 saturated carbocycles. The number of rotatable bonds is 4. The molecule has 4 rings (SSSR count). The van der Waals surface area contributed by atoms with Gasteiger partial charge in [0.05, 0.1) is 6.54 Å². The second-order valence-electron chi connectivity index (χ2n) is 6.47. The predicted octanol–water partition coefficient (Wildman–Crippen LogP) is -0.437. The van der Waals surface area contributed by atoms with Crippen LogP contribution < -0.4 is 20.1 Å². The molecule has 25 heavy (non-hydrogen) atoms. The largest absolute Gasteiger partial charge is 0.454 e. The normalized spacial score (nSPS) is 24.1. The highest BCUT2D eigenvalue weighted by Gasteiger charge is 2.42. The Bertz CT molecular complexity index is 711. The molecule has 132 valence electrons. The molecule has 2 N–H and O–H groups in total. The number of amides is 3. The summed E-state index contributed by atoms with van der Waals surface area (Å²) in [5.41, 5.74) is 0.998. The minimum absolute atomic E-state index is 0.0418. The van der Waals surface area contributed by atoms with Gasteiger partial charge < -0.3 is 25.0 Å². The minimum atomic E-state index is -0.458. The summed E-state index contributed by atoms with van der Waals surface area (Å²) in [6.07, 6.45) is 1.38. The van der Waals surface area contributed by atoms with Crippen LogP contribution in [-0.2, 0) is 20.8 Å². The van der Waals surface area contributed by atoms with E-state index in [1.807, 2.05) is 18.2 Å². The summed E-state index contributed by atoms with van der Waals surface area (Å²) in [5, 5.41) is 5.51. The van der Waals surface area contributed by atoms with E-state index in [-0.39, 0.29) is 37.1 Å². The molecular formula is C17H19N3O5. The fourth-order valence-electron chi connectivity index (χ4n) is 3.50. The second-order valence-corrected chi connectivity index (χ2v) is 6.47. The molecule has 0 unspecified atom stereocenters. The molecular weight excluding hydrogens is 326 g/mol. The van der Waals surface area contributed by atoms with Gasteiger partial charge in [-0.3, -0.25) is 14.4 Å². The van der Waals surface area contributed by atoms with Crippen LogP contribution >= 0.6 is 0 Å². The van der Waals surface area contributed by atoms with E-state index < -0.39 is 6.04 Å². The van der Waals surface area contributed by atoms with Gasteiger partial charge in [-0.05, 0) is 30.5 Å². The van der Waals surface area contributed by atoms with Crippen LogP contribution in [-0.4, -0.2) is 54.6 Å². The smallest absolute Gasteiger partial charge is 0.243 e. The zero-order chi connectivity index (χ0) is 17.4. The second kappa shape index (κ2) is 6.27. The Morgan fingerprint density at radius 1 is 1.28 bits per heavy atom. The molecule has 1 aromatic rings. The lowest BCUT2D eigenvalue weighted by molar-refractivity contribution is -0.143. The lowest BCUT2D eigenvalue weighted by Crippen LogP contribution is -2.55. The lowest BCUT2D eigenvalue weighted by atomic mass is 10.1. The van der Waals surface area contributed by atoms with E-state index in [0.717, 1.165) is 11.3 Å². The molecule has 3 aliphatic rings. The van der Waals surface area contributed by atoms with Crippen LogP contribution in [0.3, 0.4) is 0 Å². The van der Waals surface area contributed by atoms with Crippen LogP contribution in [0.4, 0.5) is 0 Å². The van der Waals surface area contributed by atoms with Gasteiger partial charge in [0, 0.05) is 19.0 Å². The fourth-order valence-corrected chi connectivity index (χ4v) is 3.50. The van der Waals surface area contributed by atoms with Gasteiger partial charge in [0.25, 0.3) is 0 Å².